The van der Waals surface area contributed by atoms with Crippen LogP contribution in [0.4, 0.5) is 5.82 Å². The molecule has 0 radical (unpaired) electrons. The molecule has 1 atom stereocenters. The van der Waals surface area contributed by atoms with E-state index in [4.69, 9.17) is 4.98 Å². The zero-order chi connectivity index (χ0) is 21.4. The summed E-state index contributed by atoms with van der Waals surface area (Å²) in [6, 6.07) is 12.9. The summed E-state index contributed by atoms with van der Waals surface area (Å²) in [5.41, 5.74) is 4.76. The van der Waals surface area contributed by atoms with Gasteiger partial charge >= 0.3 is 0 Å². The highest BCUT2D eigenvalue weighted by atomic mass is 16.2. The predicted molar refractivity (Wildman–Crippen MR) is 117 cm³/mol. The summed E-state index contributed by atoms with van der Waals surface area (Å²) in [5, 5.41) is 6.17. The molecule has 2 aliphatic rings. The van der Waals surface area contributed by atoms with Gasteiger partial charge in [0.05, 0.1) is 28.8 Å². The van der Waals surface area contributed by atoms with Gasteiger partial charge in [-0.05, 0) is 44.0 Å². The Kier molecular flexibility index (Phi) is 4.78. The Bertz CT molecular complexity index is 1260. The normalized spacial score (nSPS) is 18.6. The number of carbonyl (C=O) groups excluding carboxylic acids is 2. The first kappa shape index (κ1) is 19.1. The SMILES string of the molecule is CC1=C(C(=O)Nc2ccccn2)C(c2cnc3ccccc3n2)C2=C(CCCC2=O)N1. The fraction of sp³-hybridized carbons (Fsp3) is 0.208. The van der Waals surface area contributed by atoms with Crippen molar-refractivity contribution in [2.24, 2.45) is 0 Å². The number of hydrogen-bond acceptors (Lipinski definition) is 6. The second kappa shape index (κ2) is 7.75. The Hall–Kier alpha value is -3.87. The Balaban J connectivity index is 1.64. The van der Waals surface area contributed by atoms with Gasteiger partial charge in [-0.15, -0.1) is 0 Å². The molecule has 7 heteroatoms. The first-order chi connectivity index (χ1) is 15.1. The van der Waals surface area contributed by atoms with Gasteiger partial charge < -0.3 is 10.6 Å². The Morgan fingerprint density at radius 2 is 1.87 bits per heavy atom. The molecule has 3 heterocycles. The summed E-state index contributed by atoms with van der Waals surface area (Å²) in [6.45, 7) is 1.86. The molecule has 1 aromatic carbocycles. The highest BCUT2D eigenvalue weighted by Gasteiger charge is 2.39. The standard InChI is InChI=1S/C24H21N5O2/c1-14-21(24(31)29-20-11-4-5-12-25-20)23(22-17(27-14)9-6-10-19(22)30)18-13-26-15-7-2-3-8-16(15)28-18/h2-5,7-8,11-13,23,27H,6,9-10H2,1H3,(H,25,29,31). The number of ketones is 1. The third-order valence-electron chi connectivity index (χ3n) is 5.69. The fourth-order valence-corrected chi connectivity index (χ4v) is 4.31. The molecule has 5 rings (SSSR count). The van der Waals surface area contributed by atoms with E-state index in [-0.39, 0.29) is 11.7 Å². The van der Waals surface area contributed by atoms with E-state index >= 15 is 0 Å². The van der Waals surface area contributed by atoms with Gasteiger partial charge in [0.15, 0.2) is 5.78 Å². The molecule has 2 aromatic heterocycles. The Morgan fingerprint density at radius 3 is 2.68 bits per heavy atom. The lowest BCUT2D eigenvalue weighted by molar-refractivity contribution is -0.116. The monoisotopic (exact) mass is 411 g/mol. The molecule has 2 N–H and O–H groups in total. The van der Waals surface area contributed by atoms with Crippen molar-refractivity contribution in [2.75, 3.05) is 5.32 Å². The van der Waals surface area contributed by atoms with Crippen LogP contribution in [0.1, 0.15) is 37.8 Å². The van der Waals surface area contributed by atoms with Gasteiger partial charge in [-0.1, -0.05) is 18.2 Å². The summed E-state index contributed by atoms with van der Waals surface area (Å²) in [6.07, 6.45) is 5.32. The van der Waals surface area contributed by atoms with Crippen LogP contribution in [0.3, 0.4) is 0 Å². The maximum atomic E-state index is 13.4. The molecule has 154 valence electrons. The van der Waals surface area contributed by atoms with Gasteiger partial charge in [0.2, 0.25) is 0 Å². The summed E-state index contributed by atoms with van der Waals surface area (Å²) >= 11 is 0. The maximum Gasteiger partial charge on any atom is 0.255 e. The number of hydrogen-bond donors (Lipinski definition) is 2. The number of nitrogens with one attached hydrogen (secondary N) is 2. The van der Waals surface area contributed by atoms with Crippen molar-refractivity contribution < 1.29 is 9.59 Å². The van der Waals surface area contributed by atoms with E-state index in [1.165, 1.54) is 0 Å². The number of amides is 1. The van der Waals surface area contributed by atoms with Gasteiger partial charge in [0.1, 0.15) is 5.82 Å². The molecule has 0 fully saturated rings. The number of allylic oxidation sites excluding steroid dienone is 3. The van der Waals surface area contributed by atoms with Crippen LogP contribution >= 0.6 is 0 Å². The third-order valence-corrected chi connectivity index (χ3v) is 5.69. The third kappa shape index (κ3) is 3.48. The van der Waals surface area contributed by atoms with E-state index in [1.807, 2.05) is 31.2 Å². The first-order valence-electron chi connectivity index (χ1n) is 10.3. The van der Waals surface area contributed by atoms with Crippen molar-refractivity contribution in [2.45, 2.75) is 32.1 Å². The summed E-state index contributed by atoms with van der Waals surface area (Å²) < 4.78 is 0. The summed E-state index contributed by atoms with van der Waals surface area (Å²) in [7, 11) is 0. The minimum atomic E-state index is -0.579. The minimum absolute atomic E-state index is 0.0457. The van der Waals surface area contributed by atoms with Crippen LogP contribution in [0.15, 0.2) is 77.4 Å². The Morgan fingerprint density at radius 1 is 1.06 bits per heavy atom. The number of nitrogens with zero attached hydrogens (tertiary/aromatic N) is 3. The van der Waals surface area contributed by atoms with Crippen LogP contribution in [-0.4, -0.2) is 26.6 Å². The number of anilines is 1. The van der Waals surface area contributed by atoms with Crippen molar-refractivity contribution in [3.8, 4) is 0 Å². The largest absolute Gasteiger partial charge is 0.362 e. The van der Waals surface area contributed by atoms with E-state index in [9.17, 15) is 9.59 Å². The number of pyridine rings is 1. The Labute approximate surface area is 179 Å². The number of carbonyl (C=O) groups is 2. The molecule has 0 saturated heterocycles. The zero-order valence-electron chi connectivity index (χ0n) is 17.1. The fourth-order valence-electron chi connectivity index (χ4n) is 4.31. The molecule has 31 heavy (non-hydrogen) atoms. The number of dihydropyridines is 1. The average molecular weight is 411 g/mol. The second-order valence-electron chi connectivity index (χ2n) is 7.72. The lowest BCUT2D eigenvalue weighted by Crippen LogP contribution is -2.36. The molecule has 1 aliphatic heterocycles. The van der Waals surface area contributed by atoms with Gasteiger partial charge in [0, 0.05) is 35.2 Å². The smallest absolute Gasteiger partial charge is 0.255 e. The van der Waals surface area contributed by atoms with E-state index in [1.54, 1.807) is 30.6 Å². The molecule has 0 bridgehead atoms. The van der Waals surface area contributed by atoms with Crippen molar-refractivity contribution in [1.29, 1.82) is 0 Å². The van der Waals surface area contributed by atoms with Crippen LogP contribution in [0, 0.1) is 0 Å². The molecule has 1 unspecified atom stereocenters. The average Bonchev–Trinajstić information content (AvgIpc) is 2.78. The molecular weight excluding hydrogens is 390 g/mol. The highest BCUT2D eigenvalue weighted by Crippen LogP contribution is 2.41. The summed E-state index contributed by atoms with van der Waals surface area (Å²) in [4.78, 5) is 39.9. The van der Waals surface area contributed by atoms with Crippen molar-refractivity contribution >= 4 is 28.5 Å². The lowest BCUT2D eigenvalue weighted by Gasteiger charge is -2.33. The van der Waals surface area contributed by atoms with Crippen LogP contribution < -0.4 is 10.6 Å². The molecule has 0 spiro atoms. The van der Waals surface area contributed by atoms with Crippen LogP contribution in [0.2, 0.25) is 0 Å². The van der Waals surface area contributed by atoms with E-state index in [2.05, 4.69) is 20.6 Å². The second-order valence-corrected chi connectivity index (χ2v) is 7.72. The van der Waals surface area contributed by atoms with E-state index in [0.29, 0.717) is 34.8 Å². The lowest BCUT2D eigenvalue weighted by atomic mass is 9.77. The maximum absolute atomic E-state index is 13.4. The van der Waals surface area contributed by atoms with Gasteiger partial charge in [-0.3, -0.25) is 14.6 Å². The quantitative estimate of drug-likeness (QED) is 0.683. The molecule has 1 amide bonds. The number of aromatic nitrogens is 3. The van der Waals surface area contributed by atoms with Crippen LogP contribution in [0.5, 0.6) is 0 Å². The number of fused-ring (bicyclic) bond motifs is 1. The topological polar surface area (TPSA) is 96.9 Å². The first-order valence-corrected chi connectivity index (χ1v) is 10.3. The van der Waals surface area contributed by atoms with E-state index < -0.39 is 5.92 Å². The van der Waals surface area contributed by atoms with Gasteiger partial charge in [0.25, 0.3) is 5.91 Å². The molecule has 0 saturated carbocycles. The van der Waals surface area contributed by atoms with Crippen molar-refractivity contribution in [3.63, 3.8) is 0 Å². The van der Waals surface area contributed by atoms with Crippen LogP contribution in [0.25, 0.3) is 11.0 Å². The number of para-hydroxylation sites is 2. The molecule has 1 aliphatic carbocycles. The predicted octanol–water partition coefficient (Wildman–Crippen LogP) is 3.63. The molecular formula is C24H21N5O2. The molecule has 3 aromatic rings. The van der Waals surface area contributed by atoms with Crippen molar-refractivity contribution in [1.82, 2.24) is 20.3 Å². The number of Topliss-reactive ketones (excluding diaryl/α,β-unsaturated/α-hetero) is 1. The minimum Gasteiger partial charge on any atom is -0.362 e. The van der Waals surface area contributed by atoms with Gasteiger partial charge in [-0.2, -0.15) is 0 Å². The zero-order valence-corrected chi connectivity index (χ0v) is 17.1. The van der Waals surface area contributed by atoms with E-state index in [0.717, 1.165) is 29.6 Å². The molecule has 7 nitrogen and oxygen atoms in total. The highest BCUT2D eigenvalue weighted by molar-refractivity contribution is 6.09. The van der Waals surface area contributed by atoms with Crippen LogP contribution in [-0.2, 0) is 9.59 Å². The van der Waals surface area contributed by atoms with Crippen molar-refractivity contribution in [3.05, 3.63) is 83.1 Å². The van der Waals surface area contributed by atoms with Gasteiger partial charge in [-0.25, -0.2) is 9.97 Å². The number of benzene rings is 1. The number of rotatable bonds is 3. The summed E-state index contributed by atoms with van der Waals surface area (Å²) in [5.74, 6) is -0.395.